The predicted molar refractivity (Wildman–Crippen MR) is 127 cm³/mol. The normalized spacial score (nSPS) is 16.7. The number of aromatic nitrogens is 1. The summed E-state index contributed by atoms with van der Waals surface area (Å²) in [5.74, 6) is 1.48. The molecular weight excluding hydrogens is 517 g/mol. The molecule has 0 spiro atoms. The second-order valence-corrected chi connectivity index (χ2v) is 7.39. The monoisotopic (exact) mass is 543 g/mol. The maximum atomic E-state index is 4.64. The van der Waals surface area contributed by atoms with E-state index in [1.165, 1.54) is 12.1 Å². The fourth-order valence-corrected chi connectivity index (χ4v) is 3.38. The summed E-state index contributed by atoms with van der Waals surface area (Å²) < 4.78 is 1.12. The summed E-state index contributed by atoms with van der Waals surface area (Å²) in [6.45, 7) is 6.64. The van der Waals surface area contributed by atoms with E-state index in [0.29, 0.717) is 12.5 Å². The first-order chi connectivity index (χ1) is 12.7. The van der Waals surface area contributed by atoms with E-state index in [1.807, 2.05) is 18.2 Å². The quantitative estimate of drug-likeness (QED) is 0.328. The SMILES string of the molecule is CCNC(=NCc1ccccn1)NCC1CCN(c2ccc(Br)cc2)C1.I. The highest BCUT2D eigenvalue weighted by Crippen LogP contribution is 2.24. The highest BCUT2D eigenvalue weighted by Gasteiger charge is 2.22. The van der Waals surface area contributed by atoms with Gasteiger partial charge in [0.15, 0.2) is 5.96 Å². The number of benzene rings is 1. The van der Waals surface area contributed by atoms with Crippen LogP contribution in [0, 0.1) is 5.92 Å². The molecule has 1 atom stereocenters. The van der Waals surface area contributed by atoms with Gasteiger partial charge in [-0.15, -0.1) is 24.0 Å². The van der Waals surface area contributed by atoms with Crippen molar-refractivity contribution in [2.45, 2.75) is 19.9 Å². The van der Waals surface area contributed by atoms with Crippen molar-refractivity contribution in [3.8, 4) is 0 Å². The number of hydrogen-bond acceptors (Lipinski definition) is 3. The lowest BCUT2D eigenvalue weighted by atomic mass is 10.1. The van der Waals surface area contributed by atoms with E-state index in [2.05, 4.69) is 72.6 Å². The number of anilines is 1. The third-order valence-electron chi connectivity index (χ3n) is 4.51. The summed E-state index contributed by atoms with van der Waals surface area (Å²) in [6, 6.07) is 14.5. The standard InChI is InChI=1S/C20H26BrN5.HI/c1-2-22-20(25-14-18-5-3-4-11-23-18)24-13-16-10-12-26(15-16)19-8-6-17(21)7-9-19;/h3-9,11,16H,2,10,12-15H2,1H3,(H2,22,24,25);1H. The number of nitrogens with one attached hydrogen (secondary N) is 2. The topological polar surface area (TPSA) is 52.6 Å². The van der Waals surface area contributed by atoms with Gasteiger partial charge in [-0.2, -0.15) is 0 Å². The molecule has 7 heteroatoms. The summed E-state index contributed by atoms with van der Waals surface area (Å²) >= 11 is 3.50. The van der Waals surface area contributed by atoms with E-state index >= 15 is 0 Å². The molecule has 146 valence electrons. The Hall–Kier alpha value is -1.35. The smallest absolute Gasteiger partial charge is 0.191 e. The molecule has 0 bridgehead atoms. The van der Waals surface area contributed by atoms with Crippen LogP contribution in [0.5, 0.6) is 0 Å². The highest BCUT2D eigenvalue weighted by atomic mass is 127. The van der Waals surface area contributed by atoms with Gasteiger partial charge in [-0.3, -0.25) is 4.98 Å². The minimum absolute atomic E-state index is 0. The van der Waals surface area contributed by atoms with Gasteiger partial charge in [0.25, 0.3) is 0 Å². The molecule has 2 N–H and O–H groups in total. The Morgan fingerprint density at radius 3 is 2.74 bits per heavy atom. The van der Waals surface area contributed by atoms with Crippen LogP contribution in [0.4, 0.5) is 5.69 Å². The number of rotatable bonds is 6. The molecule has 1 fully saturated rings. The average molecular weight is 544 g/mol. The van der Waals surface area contributed by atoms with Crippen LogP contribution in [-0.4, -0.2) is 37.1 Å². The molecular formula is C20H27BrIN5. The molecule has 1 aromatic carbocycles. The summed E-state index contributed by atoms with van der Waals surface area (Å²) in [5.41, 5.74) is 2.28. The second kappa shape index (κ2) is 11.5. The third-order valence-corrected chi connectivity index (χ3v) is 5.03. The minimum atomic E-state index is 0. The van der Waals surface area contributed by atoms with Crippen LogP contribution in [0.25, 0.3) is 0 Å². The van der Waals surface area contributed by atoms with Gasteiger partial charge < -0.3 is 15.5 Å². The Balaban J connectivity index is 0.00000261. The number of guanidine groups is 1. The Morgan fingerprint density at radius 1 is 1.22 bits per heavy atom. The number of nitrogens with zero attached hydrogens (tertiary/aromatic N) is 3. The van der Waals surface area contributed by atoms with E-state index in [9.17, 15) is 0 Å². The van der Waals surface area contributed by atoms with Gasteiger partial charge >= 0.3 is 0 Å². The molecule has 2 aromatic rings. The number of halogens is 2. The Bertz CT molecular complexity index is 708. The Labute approximate surface area is 187 Å². The van der Waals surface area contributed by atoms with Crippen molar-refractivity contribution in [2.24, 2.45) is 10.9 Å². The Kier molecular flexibility index (Phi) is 9.33. The molecule has 1 aliphatic rings. The fourth-order valence-electron chi connectivity index (χ4n) is 3.12. The number of pyridine rings is 1. The van der Waals surface area contributed by atoms with Gasteiger partial charge in [0.1, 0.15) is 0 Å². The van der Waals surface area contributed by atoms with Crippen molar-refractivity contribution in [2.75, 3.05) is 31.1 Å². The van der Waals surface area contributed by atoms with Crippen LogP contribution >= 0.6 is 39.9 Å². The van der Waals surface area contributed by atoms with Crippen molar-refractivity contribution in [1.29, 1.82) is 0 Å². The zero-order valence-corrected chi connectivity index (χ0v) is 19.5. The first-order valence-corrected chi connectivity index (χ1v) is 9.96. The van der Waals surface area contributed by atoms with E-state index < -0.39 is 0 Å². The molecule has 1 aliphatic heterocycles. The van der Waals surface area contributed by atoms with Gasteiger partial charge in [-0.25, -0.2) is 4.99 Å². The van der Waals surface area contributed by atoms with Crippen LogP contribution in [0.15, 0.2) is 58.1 Å². The average Bonchev–Trinajstić information content (AvgIpc) is 3.14. The molecule has 0 radical (unpaired) electrons. The van der Waals surface area contributed by atoms with Crippen molar-refractivity contribution in [1.82, 2.24) is 15.6 Å². The van der Waals surface area contributed by atoms with Gasteiger partial charge in [0.2, 0.25) is 0 Å². The lowest BCUT2D eigenvalue weighted by Crippen LogP contribution is -2.40. The molecule has 1 unspecified atom stereocenters. The second-order valence-electron chi connectivity index (χ2n) is 6.47. The Morgan fingerprint density at radius 2 is 2.04 bits per heavy atom. The summed E-state index contributed by atoms with van der Waals surface area (Å²) in [5, 5.41) is 6.81. The van der Waals surface area contributed by atoms with E-state index in [4.69, 9.17) is 0 Å². The molecule has 5 nitrogen and oxygen atoms in total. The molecule has 27 heavy (non-hydrogen) atoms. The summed E-state index contributed by atoms with van der Waals surface area (Å²) in [6.07, 6.45) is 3.00. The van der Waals surface area contributed by atoms with Gasteiger partial charge in [0.05, 0.1) is 12.2 Å². The molecule has 2 heterocycles. The predicted octanol–water partition coefficient (Wildman–Crippen LogP) is 4.04. The van der Waals surface area contributed by atoms with Crippen molar-refractivity contribution >= 4 is 51.6 Å². The lowest BCUT2D eigenvalue weighted by Gasteiger charge is -2.19. The summed E-state index contributed by atoms with van der Waals surface area (Å²) in [4.78, 5) is 11.4. The van der Waals surface area contributed by atoms with Crippen LogP contribution in [0.1, 0.15) is 19.0 Å². The molecule has 3 rings (SSSR count). The van der Waals surface area contributed by atoms with E-state index in [1.54, 1.807) is 6.20 Å². The fraction of sp³-hybridized carbons (Fsp3) is 0.400. The van der Waals surface area contributed by atoms with Crippen LogP contribution < -0.4 is 15.5 Å². The maximum absolute atomic E-state index is 4.64. The van der Waals surface area contributed by atoms with Gasteiger partial charge in [0, 0.05) is 42.5 Å². The molecule has 1 aromatic heterocycles. The largest absolute Gasteiger partial charge is 0.371 e. The van der Waals surface area contributed by atoms with Crippen molar-refractivity contribution in [3.05, 3.63) is 58.8 Å². The highest BCUT2D eigenvalue weighted by molar-refractivity contribution is 14.0. The third kappa shape index (κ3) is 6.95. The van der Waals surface area contributed by atoms with Crippen LogP contribution in [0.2, 0.25) is 0 Å². The first-order valence-electron chi connectivity index (χ1n) is 9.17. The lowest BCUT2D eigenvalue weighted by molar-refractivity contribution is 0.565. The number of aliphatic imine (C=N–C) groups is 1. The van der Waals surface area contributed by atoms with Gasteiger partial charge in [-0.05, 0) is 55.7 Å². The zero-order chi connectivity index (χ0) is 18.2. The minimum Gasteiger partial charge on any atom is -0.371 e. The van der Waals surface area contributed by atoms with Crippen molar-refractivity contribution in [3.63, 3.8) is 0 Å². The maximum Gasteiger partial charge on any atom is 0.191 e. The van der Waals surface area contributed by atoms with E-state index in [-0.39, 0.29) is 24.0 Å². The molecule has 0 aliphatic carbocycles. The molecule has 0 amide bonds. The zero-order valence-electron chi connectivity index (χ0n) is 15.6. The first kappa shape index (κ1) is 21.9. The summed E-state index contributed by atoms with van der Waals surface area (Å²) in [7, 11) is 0. The molecule has 0 saturated carbocycles. The van der Waals surface area contributed by atoms with Crippen LogP contribution in [-0.2, 0) is 6.54 Å². The number of hydrogen-bond donors (Lipinski definition) is 2. The van der Waals surface area contributed by atoms with Crippen LogP contribution in [0.3, 0.4) is 0 Å². The van der Waals surface area contributed by atoms with Crippen molar-refractivity contribution < 1.29 is 0 Å². The van der Waals surface area contributed by atoms with Gasteiger partial charge in [-0.1, -0.05) is 22.0 Å². The van der Waals surface area contributed by atoms with E-state index in [0.717, 1.165) is 42.3 Å². The molecule has 1 saturated heterocycles.